The van der Waals surface area contributed by atoms with Gasteiger partial charge in [-0.3, -0.25) is 4.79 Å². The number of aromatic nitrogens is 1. The SMILES string of the molecule is CN(Cc1cccc(Br)c1)C(=O)c1sc(N(C)C)nc1N. The van der Waals surface area contributed by atoms with Crippen LogP contribution in [-0.2, 0) is 6.54 Å². The molecule has 2 rings (SSSR count). The molecular weight excluding hydrogens is 352 g/mol. The lowest BCUT2D eigenvalue weighted by Crippen LogP contribution is -2.26. The van der Waals surface area contributed by atoms with Crippen LogP contribution in [-0.4, -0.2) is 36.9 Å². The van der Waals surface area contributed by atoms with Gasteiger partial charge in [0, 0.05) is 32.2 Å². The summed E-state index contributed by atoms with van der Waals surface area (Å²) in [4.78, 5) is 20.6. The van der Waals surface area contributed by atoms with Crippen molar-refractivity contribution in [3.63, 3.8) is 0 Å². The van der Waals surface area contributed by atoms with Crippen molar-refractivity contribution in [2.45, 2.75) is 6.54 Å². The second-order valence-electron chi connectivity index (χ2n) is 4.90. The fourth-order valence-corrected chi connectivity index (χ4v) is 3.17. The number of carbonyl (C=O) groups excluding carboxylic acids is 1. The Morgan fingerprint density at radius 2 is 2.10 bits per heavy atom. The second-order valence-corrected chi connectivity index (χ2v) is 6.79. The first-order valence-corrected chi connectivity index (χ1v) is 7.93. The van der Waals surface area contributed by atoms with Gasteiger partial charge in [0.2, 0.25) is 0 Å². The van der Waals surface area contributed by atoms with Crippen molar-refractivity contribution in [2.24, 2.45) is 0 Å². The van der Waals surface area contributed by atoms with E-state index < -0.39 is 0 Å². The quantitative estimate of drug-likeness (QED) is 0.900. The number of thiazole rings is 1. The monoisotopic (exact) mass is 368 g/mol. The van der Waals surface area contributed by atoms with Gasteiger partial charge in [-0.2, -0.15) is 0 Å². The van der Waals surface area contributed by atoms with Crippen molar-refractivity contribution in [3.8, 4) is 0 Å². The van der Waals surface area contributed by atoms with E-state index in [4.69, 9.17) is 5.73 Å². The molecule has 0 saturated heterocycles. The Kier molecular flexibility index (Phi) is 4.84. The summed E-state index contributed by atoms with van der Waals surface area (Å²) in [6.45, 7) is 0.521. The zero-order chi connectivity index (χ0) is 15.6. The maximum Gasteiger partial charge on any atom is 0.267 e. The van der Waals surface area contributed by atoms with Crippen LogP contribution in [0.2, 0.25) is 0 Å². The van der Waals surface area contributed by atoms with Crippen LogP contribution in [0.25, 0.3) is 0 Å². The van der Waals surface area contributed by atoms with Crippen molar-refractivity contribution in [1.82, 2.24) is 9.88 Å². The highest BCUT2D eigenvalue weighted by molar-refractivity contribution is 9.10. The van der Waals surface area contributed by atoms with Crippen LogP contribution >= 0.6 is 27.3 Å². The maximum absolute atomic E-state index is 12.5. The minimum atomic E-state index is -0.113. The van der Waals surface area contributed by atoms with E-state index in [0.717, 1.165) is 15.2 Å². The number of hydrogen-bond donors (Lipinski definition) is 1. The van der Waals surface area contributed by atoms with E-state index in [1.165, 1.54) is 11.3 Å². The van der Waals surface area contributed by atoms with Crippen LogP contribution in [0, 0.1) is 0 Å². The number of hydrogen-bond acceptors (Lipinski definition) is 5. The predicted molar refractivity (Wildman–Crippen MR) is 90.8 cm³/mol. The molecule has 0 aliphatic carbocycles. The maximum atomic E-state index is 12.5. The molecule has 1 aromatic carbocycles. The summed E-state index contributed by atoms with van der Waals surface area (Å²) in [5, 5.41) is 0.728. The zero-order valence-electron chi connectivity index (χ0n) is 12.1. The average molecular weight is 369 g/mol. The third-order valence-corrected chi connectivity index (χ3v) is 4.59. The summed E-state index contributed by atoms with van der Waals surface area (Å²) >= 11 is 4.74. The molecular formula is C14H17BrN4OS. The van der Waals surface area contributed by atoms with Gasteiger partial charge in [-0.05, 0) is 17.7 Å². The molecule has 112 valence electrons. The van der Waals surface area contributed by atoms with Gasteiger partial charge in [0.05, 0.1) is 0 Å². The number of rotatable bonds is 4. The molecule has 7 heteroatoms. The first-order valence-electron chi connectivity index (χ1n) is 6.32. The van der Waals surface area contributed by atoms with Crippen molar-refractivity contribution >= 4 is 44.1 Å². The average Bonchev–Trinajstić information content (AvgIpc) is 2.80. The number of benzene rings is 1. The van der Waals surface area contributed by atoms with Gasteiger partial charge >= 0.3 is 0 Å². The van der Waals surface area contributed by atoms with Crippen LogP contribution in [0.4, 0.5) is 10.9 Å². The Bertz CT molecular complexity index is 656. The first-order chi connectivity index (χ1) is 9.88. The smallest absolute Gasteiger partial charge is 0.267 e. The summed E-state index contributed by atoms with van der Waals surface area (Å²) in [7, 11) is 5.51. The summed E-state index contributed by atoms with van der Waals surface area (Å²) in [6, 6.07) is 7.87. The van der Waals surface area contributed by atoms with Crippen molar-refractivity contribution in [1.29, 1.82) is 0 Å². The van der Waals surface area contributed by atoms with Crippen LogP contribution < -0.4 is 10.6 Å². The first kappa shape index (κ1) is 15.8. The fraction of sp³-hybridized carbons (Fsp3) is 0.286. The molecule has 1 aromatic heterocycles. The lowest BCUT2D eigenvalue weighted by molar-refractivity contribution is 0.0790. The van der Waals surface area contributed by atoms with Crippen LogP contribution in [0.15, 0.2) is 28.7 Å². The number of nitrogens with two attached hydrogens (primary N) is 1. The summed E-state index contributed by atoms with van der Waals surface area (Å²) in [5.41, 5.74) is 6.91. The highest BCUT2D eigenvalue weighted by atomic mass is 79.9. The van der Waals surface area contributed by atoms with Crippen molar-refractivity contribution in [2.75, 3.05) is 31.8 Å². The summed E-state index contributed by atoms with van der Waals surface area (Å²) < 4.78 is 0.994. The molecule has 5 nitrogen and oxygen atoms in total. The second kappa shape index (κ2) is 6.44. The number of nitrogen functional groups attached to an aromatic ring is 1. The minimum Gasteiger partial charge on any atom is -0.382 e. The Labute approximate surface area is 136 Å². The third-order valence-electron chi connectivity index (χ3n) is 2.87. The molecule has 0 radical (unpaired) electrons. The molecule has 21 heavy (non-hydrogen) atoms. The largest absolute Gasteiger partial charge is 0.382 e. The lowest BCUT2D eigenvalue weighted by atomic mass is 10.2. The molecule has 1 amide bonds. The zero-order valence-corrected chi connectivity index (χ0v) is 14.5. The van der Waals surface area contributed by atoms with Gasteiger partial charge in [-0.1, -0.05) is 39.4 Å². The molecule has 2 aromatic rings. The standard InChI is InChI=1S/C14H17BrN4OS/c1-18(2)14-17-12(16)11(21-14)13(20)19(3)8-9-5-4-6-10(15)7-9/h4-7H,8,16H2,1-3H3. The van der Waals surface area contributed by atoms with Crippen molar-refractivity contribution < 1.29 is 4.79 Å². The van der Waals surface area contributed by atoms with E-state index in [2.05, 4.69) is 20.9 Å². The highest BCUT2D eigenvalue weighted by Gasteiger charge is 2.20. The van der Waals surface area contributed by atoms with Gasteiger partial charge in [0.25, 0.3) is 5.91 Å². The molecule has 0 aliphatic heterocycles. The molecule has 0 saturated carbocycles. The van der Waals surface area contributed by atoms with Gasteiger partial charge in [0.1, 0.15) is 10.7 Å². The number of halogens is 1. The van der Waals surface area contributed by atoms with Gasteiger partial charge in [-0.25, -0.2) is 4.98 Å². The Morgan fingerprint density at radius 3 is 2.67 bits per heavy atom. The fourth-order valence-electron chi connectivity index (χ4n) is 1.82. The lowest BCUT2D eigenvalue weighted by Gasteiger charge is -2.16. The van der Waals surface area contributed by atoms with Crippen LogP contribution in [0.5, 0.6) is 0 Å². The van der Waals surface area contributed by atoms with E-state index in [1.807, 2.05) is 43.3 Å². The van der Waals surface area contributed by atoms with E-state index in [0.29, 0.717) is 11.4 Å². The van der Waals surface area contributed by atoms with Gasteiger partial charge < -0.3 is 15.5 Å². The number of amides is 1. The number of carbonyl (C=O) groups is 1. The summed E-state index contributed by atoms with van der Waals surface area (Å²) in [5.74, 6) is 0.174. The minimum absolute atomic E-state index is 0.113. The van der Waals surface area contributed by atoms with E-state index in [-0.39, 0.29) is 11.7 Å². The molecule has 0 spiro atoms. The molecule has 0 unspecified atom stereocenters. The molecule has 0 bridgehead atoms. The molecule has 0 fully saturated rings. The molecule has 1 heterocycles. The van der Waals surface area contributed by atoms with E-state index in [9.17, 15) is 4.79 Å². The van der Waals surface area contributed by atoms with Gasteiger partial charge in [-0.15, -0.1) is 0 Å². The number of anilines is 2. The van der Waals surface area contributed by atoms with E-state index in [1.54, 1.807) is 11.9 Å². The number of nitrogens with zero attached hydrogens (tertiary/aromatic N) is 3. The Hall–Kier alpha value is -1.60. The molecule has 0 atom stereocenters. The van der Waals surface area contributed by atoms with Crippen LogP contribution in [0.1, 0.15) is 15.2 Å². The van der Waals surface area contributed by atoms with E-state index >= 15 is 0 Å². The Morgan fingerprint density at radius 1 is 1.38 bits per heavy atom. The predicted octanol–water partition coefficient (Wildman–Crippen LogP) is 2.83. The topological polar surface area (TPSA) is 62.5 Å². The summed E-state index contributed by atoms with van der Waals surface area (Å²) in [6.07, 6.45) is 0. The van der Waals surface area contributed by atoms with Crippen LogP contribution in [0.3, 0.4) is 0 Å². The highest BCUT2D eigenvalue weighted by Crippen LogP contribution is 2.28. The van der Waals surface area contributed by atoms with Crippen molar-refractivity contribution in [3.05, 3.63) is 39.2 Å². The van der Waals surface area contributed by atoms with Gasteiger partial charge in [0.15, 0.2) is 5.13 Å². The Balaban J connectivity index is 2.16. The molecule has 0 aliphatic rings. The molecule has 2 N–H and O–H groups in total. The third kappa shape index (κ3) is 3.74. The normalized spacial score (nSPS) is 10.5.